The monoisotopic (exact) mass is 2010 g/mol. The summed E-state index contributed by atoms with van der Waals surface area (Å²) in [5.74, 6) is 5.80. The summed E-state index contributed by atoms with van der Waals surface area (Å²) < 4.78 is 31.2. The summed E-state index contributed by atoms with van der Waals surface area (Å²) in [6.45, 7) is 75.7. The molecule has 12 nitrogen and oxygen atoms in total. The van der Waals surface area contributed by atoms with E-state index in [4.69, 9.17) is 28.4 Å². The van der Waals surface area contributed by atoms with Gasteiger partial charge in [0.25, 0.3) is 0 Å². The van der Waals surface area contributed by atoms with Crippen LogP contribution in [0.3, 0.4) is 0 Å². The molecule has 0 N–H and O–H groups in total. The molecule has 141 heavy (non-hydrogen) atoms. The van der Waals surface area contributed by atoms with Gasteiger partial charge in [-0.05, 0) is 254 Å². The van der Waals surface area contributed by atoms with Gasteiger partial charge in [-0.1, -0.05) is 397 Å². The van der Waals surface area contributed by atoms with E-state index >= 15 is 0 Å². The van der Waals surface area contributed by atoms with Crippen molar-refractivity contribution < 1.29 is 57.2 Å². The van der Waals surface area contributed by atoms with Gasteiger partial charge in [0, 0.05) is 41.5 Å². The molecule has 0 bridgehead atoms. The van der Waals surface area contributed by atoms with E-state index in [1.165, 1.54) is 156 Å². The predicted molar refractivity (Wildman–Crippen MR) is 613 cm³/mol. The van der Waals surface area contributed by atoms with E-state index in [0.717, 1.165) is 89.6 Å². The molecule has 4 saturated carbocycles. The van der Waals surface area contributed by atoms with Crippen LogP contribution in [0, 0.1) is 30.6 Å². The molecule has 4 aliphatic carbocycles. The highest BCUT2D eigenvalue weighted by Crippen LogP contribution is 2.46. The number of carbonyl (C=O) groups excluding carboxylic acids is 6. The van der Waals surface area contributed by atoms with Gasteiger partial charge in [0.2, 0.25) is 0 Å². The van der Waals surface area contributed by atoms with Crippen LogP contribution >= 0.6 is 0 Å². The Morgan fingerprint density at radius 3 is 0.752 bits per heavy atom. The number of rotatable bonds is 33. The van der Waals surface area contributed by atoms with E-state index in [0.29, 0.717) is 76.4 Å². The molecule has 0 saturated heterocycles. The smallest absolute Gasteiger partial charge is 0.338 e. The van der Waals surface area contributed by atoms with E-state index in [2.05, 4.69) is 280 Å². The molecule has 0 unspecified atom stereocenters. The molecule has 0 atom stereocenters. The van der Waals surface area contributed by atoms with Crippen LogP contribution in [0.1, 0.15) is 217 Å². The zero-order chi connectivity index (χ0) is 104. The number of benzene rings is 8. The highest BCUT2D eigenvalue weighted by Gasteiger charge is 2.35. The average Bonchev–Trinajstić information content (AvgIpc) is 0.814. The zero-order valence-electron chi connectivity index (χ0n) is 90.9. The standard InChI is InChI=1S/C28H44O2Si.C25H32O2Si.C22H34O2Si.C19H22O2Si.C16H24O2Si.C13H18O2Si/c1-21(2)28(29)30-19-6-20-31(4,5)27-17-15-26(16-18-27)25-13-11-24(12-14-25)23-9-7-22(3)8-10-23;1-18(2)25(26)27-23-14-10-21(11-15-23)19-6-8-20(9-7-19)22-12-16-24(17-13-22)28(3,4)5;1-17(2)22(23)24-15-6-16-25(4,5)21-13-11-20(12-14-21)19-9-7-18(3)8-10-19;1-14(2)19(20)21-17-10-6-15(7-11-17)16-8-12-18(13-9-16)22(3,4)5;1-13(2)16(17)18-11-6-12-19(4,5)15-9-7-14(3)8-10-15;1-10(2)13(14)15-11-6-8-12(9-7-11)16(3,4)5/h15-18,22-25H,1,6-14,19-20H2,2-5H3;6-11,14-15,22,24H,1,12-13,16-17H2,2-5H3;11-14,18-19H,1,6-10,15-16H2,2-5H3;6-13H,1H2,2-5H3;7-10H,1,6,11-12H2,2-5H3;6-9H,1H2,2-5H3. The van der Waals surface area contributed by atoms with Gasteiger partial charge >= 0.3 is 35.8 Å². The van der Waals surface area contributed by atoms with Crippen LogP contribution < -0.4 is 40.1 Å². The van der Waals surface area contributed by atoms with Crippen molar-refractivity contribution in [3.05, 3.63) is 289 Å². The van der Waals surface area contributed by atoms with Crippen LogP contribution in [0.2, 0.25) is 122 Å². The molecule has 0 amide bonds. The first-order chi connectivity index (χ1) is 66.2. The molecule has 8 aromatic rings. The fourth-order valence-corrected chi connectivity index (χ4v) is 30.5. The predicted octanol–water partition coefficient (Wildman–Crippen LogP) is 30.3. The minimum atomic E-state index is -1.50. The van der Waals surface area contributed by atoms with Gasteiger partial charge in [0.05, 0.1) is 60.2 Å². The van der Waals surface area contributed by atoms with Gasteiger partial charge < -0.3 is 28.4 Å². The summed E-state index contributed by atoms with van der Waals surface area (Å²) >= 11 is 0. The number of aryl methyl sites for hydroxylation is 1. The summed E-state index contributed by atoms with van der Waals surface area (Å²) in [5.41, 5.74) is 14.1. The third kappa shape index (κ3) is 40.5. The van der Waals surface area contributed by atoms with Crippen molar-refractivity contribution in [3.63, 3.8) is 0 Å². The molecule has 0 heterocycles. The molecule has 12 rings (SSSR count). The molecule has 4 aliphatic rings. The normalized spacial score (nSPS) is 18.1. The molecular weight excluding hydrogens is 1840 g/mol. The maximum Gasteiger partial charge on any atom is 0.338 e. The lowest BCUT2D eigenvalue weighted by Gasteiger charge is -2.37. The van der Waals surface area contributed by atoms with E-state index in [9.17, 15) is 28.8 Å². The van der Waals surface area contributed by atoms with Crippen molar-refractivity contribution in [2.45, 2.75) is 324 Å². The molecule has 8 aromatic carbocycles. The fraction of sp³-hybridized carbons (Fsp3) is 0.463. The van der Waals surface area contributed by atoms with Crippen molar-refractivity contribution in [1.29, 1.82) is 0 Å². The van der Waals surface area contributed by atoms with E-state index in [1.54, 1.807) is 47.1 Å². The van der Waals surface area contributed by atoms with Crippen molar-refractivity contribution in [2.24, 2.45) is 23.7 Å². The van der Waals surface area contributed by atoms with Crippen molar-refractivity contribution in [3.8, 4) is 39.5 Å². The first-order valence-corrected chi connectivity index (χ1v) is 72.3. The minimum Gasteiger partial charge on any atom is -0.462 e. The lowest BCUT2D eigenvalue weighted by atomic mass is 9.68. The first-order valence-electron chi connectivity index (χ1n) is 52.1. The van der Waals surface area contributed by atoms with Crippen LogP contribution in [-0.2, 0) is 43.0 Å². The maximum absolute atomic E-state index is 11.6. The summed E-state index contributed by atoms with van der Waals surface area (Å²) in [7, 11) is -7.93. The number of hydrogen-bond acceptors (Lipinski definition) is 12. The number of ether oxygens (including phenoxy) is 6. The minimum absolute atomic E-state index is 0.267. The molecule has 0 aliphatic heterocycles. The summed E-state index contributed by atoms with van der Waals surface area (Å²) in [6.07, 6.45) is 25.2. The molecular formula is C123H174O12Si6. The van der Waals surface area contributed by atoms with Crippen LogP contribution in [-0.4, -0.2) is 104 Å². The lowest BCUT2D eigenvalue weighted by molar-refractivity contribution is -0.139. The van der Waals surface area contributed by atoms with Gasteiger partial charge in [-0.3, -0.25) is 0 Å². The maximum atomic E-state index is 11.6. The highest BCUT2D eigenvalue weighted by molar-refractivity contribution is 6.91. The second-order valence-corrected chi connectivity index (χ2v) is 76.3. The van der Waals surface area contributed by atoms with Gasteiger partial charge in [-0.25, -0.2) is 28.8 Å². The Morgan fingerprint density at radius 2 is 0.482 bits per heavy atom. The molecule has 0 radical (unpaired) electrons. The van der Waals surface area contributed by atoms with E-state index < -0.39 is 54.4 Å². The van der Waals surface area contributed by atoms with Gasteiger partial charge in [0.15, 0.2) is 0 Å². The van der Waals surface area contributed by atoms with Crippen LogP contribution in [0.4, 0.5) is 0 Å². The first kappa shape index (κ1) is 118. The fourth-order valence-electron chi connectivity index (χ4n) is 19.0. The van der Waals surface area contributed by atoms with Crippen LogP contribution in [0.5, 0.6) is 17.2 Å². The summed E-state index contributed by atoms with van der Waals surface area (Å²) in [6, 6.07) is 72.0. The molecule has 4 fully saturated rings. The third-order valence-corrected chi connectivity index (χ3v) is 46.8. The van der Waals surface area contributed by atoms with Crippen molar-refractivity contribution >= 4 is 110 Å². The zero-order valence-corrected chi connectivity index (χ0v) is 96.9. The summed E-state index contributed by atoms with van der Waals surface area (Å²) in [5, 5.41) is 7.29. The number of carbonyl (C=O) groups is 6. The van der Waals surface area contributed by atoms with Gasteiger partial charge in [0.1, 0.15) is 17.2 Å². The molecule has 18 heteroatoms. The Hall–Kier alpha value is -9.68. The average molecular weight is 2010 g/mol. The quantitative estimate of drug-likeness (QED) is 0.00959. The SMILES string of the molecule is C=C(C)C(=O)OCCC[Si](C)(C)c1ccc(C)cc1.C=C(C)C(=O)OCCC[Si](C)(C)c1ccc(C2CCC(C)CC2)cc1.C=C(C)C(=O)OCCC[Si](C)(C)c1ccc(C2CCC(C3CCC(C)CC3)CC2)cc1.C=C(C)C(=O)Oc1ccc(-c2ccc(C3CCC([Si](C)(C)C)CC3)cc2)cc1.C=C(C)C(=O)Oc1ccc(-c2ccc([Si](C)(C)C)cc2)cc1.C=C(C)C(=O)Oc1ccc([Si](C)(C)C)cc1. The number of hydrogen-bond donors (Lipinski definition) is 0. The second-order valence-electron chi connectivity index (χ2n) is 46.1. The van der Waals surface area contributed by atoms with Gasteiger partial charge in [-0.15, -0.1) is 0 Å². The number of esters is 6. The lowest BCUT2D eigenvalue weighted by Crippen LogP contribution is -2.41. The molecule has 762 valence electrons. The Bertz CT molecular complexity index is 5370. The topological polar surface area (TPSA) is 158 Å². The van der Waals surface area contributed by atoms with E-state index in [-0.39, 0.29) is 29.8 Å². The Kier molecular flexibility index (Phi) is 47.0. The second kappa shape index (κ2) is 56.0. The van der Waals surface area contributed by atoms with Crippen LogP contribution in [0.25, 0.3) is 22.3 Å². The third-order valence-electron chi connectivity index (χ3n) is 29.1. The van der Waals surface area contributed by atoms with Gasteiger partial charge in [-0.2, -0.15) is 0 Å². The molecule has 0 aromatic heterocycles. The Morgan fingerprint density at radius 1 is 0.270 bits per heavy atom. The highest BCUT2D eigenvalue weighted by atomic mass is 28.3. The Labute approximate surface area is 857 Å². The van der Waals surface area contributed by atoms with Crippen molar-refractivity contribution in [1.82, 2.24) is 0 Å². The molecule has 0 spiro atoms. The van der Waals surface area contributed by atoms with E-state index in [1.807, 2.05) is 72.8 Å². The van der Waals surface area contributed by atoms with Crippen LogP contribution in [0.15, 0.2) is 267 Å². The summed E-state index contributed by atoms with van der Waals surface area (Å²) in [4.78, 5) is 68.6. The van der Waals surface area contributed by atoms with Crippen molar-refractivity contribution in [2.75, 3.05) is 19.8 Å². The Balaban J connectivity index is 0.000000233. The largest absolute Gasteiger partial charge is 0.462 e.